The van der Waals surface area contributed by atoms with Gasteiger partial charge in [0.2, 0.25) is 0 Å². The second kappa shape index (κ2) is 10.1. The highest BCUT2D eigenvalue weighted by atomic mass is 16.7. The van der Waals surface area contributed by atoms with Gasteiger partial charge in [-0.1, -0.05) is 61.1 Å². The van der Waals surface area contributed by atoms with Crippen molar-refractivity contribution >= 4 is 12.6 Å². The smallest absolute Gasteiger partial charge is 0.399 e. The van der Waals surface area contributed by atoms with E-state index >= 15 is 0 Å². The molecule has 2 nitrogen and oxygen atoms in total. The van der Waals surface area contributed by atoms with E-state index in [9.17, 15) is 0 Å². The van der Waals surface area contributed by atoms with Gasteiger partial charge in [0.1, 0.15) is 0 Å². The van der Waals surface area contributed by atoms with Gasteiger partial charge in [-0.25, -0.2) is 0 Å². The summed E-state index contributed by atoms with van der Waals surface area (Å²) in [5.41, 5.74) is 6.21. The Morgan fingerprint density at radius 1 is 0.969 bits per heavy atom. The highest BCUT2D eigenvalue weighted by molar-refractivity contribution is 6.62. The van der Waals surface area contributed by atoms with E-state index < -0.39 is 0 Å². The molecule has 0 bridgehead atoms. The first-order chi connectivity index (χ1) is 15.2. The van der Waals surface area contributed by atoms with Crippen LogP contribution in [-0.2, 0) is 22.2 Å². The van der Waals surface area contributed by atoms with Crippen molar-refractivity contribution in [1.29, 1.82) is 0 Å². The lowest BCUT2D eigenvalue weighted by Crippen LogP contribution is -2.41. The summed E-state index contributed by atoms with van der Waals surface area (Å²) in [6.07, 6.45) is 8.44. The molecule has 2 aromatic rings. The number of allylic oxidation sites excluding steroid dienone is 2. The summed E-state index contributed by atoms with van der Waals surface area (Å²) in [4.78, 5) is 0. The maximum atomic E-state index is 6.47. The standard InChI is InChI=1S/C29H37BO2/c1-8-10-12-24-20-25(19-18-23-16-14-22(3)15-17-23)26(13-11-9-2)27(21-24)30-31-28(4,5)29(6,7)32-30/h9,11,14-17,20-21H,8,10,12-13H2,1-7H3/b11-9+. The quantitative estimate of drug-likeness (QED) is 0.312. The second-order valence-electron chi connectivity index (χ2n) is 9.79. The Kier molecular flexibility index (Phi) is 7.70. The summed E-state index contributed by atoms with van der Waals surface area (Å²) in [5, 5.41) is 0. The third-order valence-electron chi connectivity index (χ3n) is 6.62. The molecule has 1 aliphatic rings. The Hall–Kier alpha value is -2.28. The van der Waals surface area contributed by atoms with Gasteiger partial charge in [-0.3, -0.25) is 0 Å². The molecule has 0 spiro atoms. The molecule has 0 unspecified atom stereocenters. The van der Waals surface area contributed by atoms with Crippen LogP contribution in [0.1, 0.15) is 82.2 Å². The van der Waals surface area contributed by atoms with Crippen molar-refractivity contribution in [2.45, 2.75) is 85.4 Å². The van der Waals surface area contributed by atoms with Gasteiger partial charge in [-0.05, 0) is 95.6 Å². The van der Waals surface area contributed by atoms with Crippen LogP contribution in [0.4, 0.5) is 0 Å². The fourth-order valence-corrected chi connectivity index (χ4v) is 3.81. The lowest BCUT2D eigenvalue weighted by atomic mass is 9.72. The zero-order valence-electron chi connectivity index (χ0n) is 20.8. The number of aryl methyl sites for hydroxylation is 2. The van der Waals surface area contributed by atoms with Gasteiger partial charge in [0, 0.05) is 11.1 Å². The lowest BCUT2D eigenvalue weighted by molar-refractivity contribution is 0.00578. The first kappa shape index (κ1) is 24.4. The Balaban J connectivity index is 2.12. The minimum atomic E-state index is -0.387. The van der Waals surface area contributed by atoms with Gasteiger partial charge in [0.15, 0.2) is 0 Å². The van der Waals surface area contributed by atoms with Crippen LogP contribution in [0, 0.1) is 18.8 Å². The highest BCUT2D eigenvalue weighted by Crippen LogP contribution is 2.37. The third-order valence-corrected chi connectivity index (χ3v) is 6.62. The molecule has 3 rings (SSSR count). The lowest BCUT2D eigenvalue weighted by Gasteiger charge is -2.32. The summed E-state index contributed by atoms with van der Waals surface area (Å²) < 4.78 is 12.9. The van der Waals surface area contributed by atoms with Crippen LogP contribution in [0.2, 0.25) is 0 Å². The minimum Gasteiger partial charge on any atom is -0.399 e. The van der Waals surface area contributed by atoms with E-state index in [2.05, 4.69) is 109 Å². The van der Waals surface area contributed by atoms with E-state index in [1.165, 1.54) is 16.7 Å². The van der Waals surface area contributed by atoms with E-state index in [1.54, 1.807) is 0 Å². The van der Waals surface area contributed by atoms with E-state index in [1.807, 2.05) is 0 Å². The van der Waals surface area contributed by atoms with E-state index in [0.717, 1.165) is 42.3 Å². The van der Waals surface area contributed by atoms with Crippen LogP contribution < -0.4 is 5.46 Å². The first-order valence-corrected chi connectivity index (χ1v) is 11.9. The zero-order chi connectivity index (χ0) is 23.4. The van der Waals surface area contributed by atoms with Crippen LogP contribution in [-0.4, -0.2) is 18.3 Å². The number of hydrogen-bond donors (Lipinski definition) is 0. The number of hydrogen-bond acceptors (Lipinski definition) is 2. The van der Waals surface area contributed by atoms with Crippen molar-refractivity contribution in [2.24, 2.45) is 0 Å². The normalized spacial score (nSPS) is 16.9. The molecule has 0 aromatic heterocycles. The molecule has 1 saturated heterocycles. The van der Waals surface area contributed by atoms with Crippen LogP contribution in [0.3, 0.4) is 0 Å². The van der Waals surface area contributed by atoms with Crippen LogP contribution in [0.5, 0.6) is 0 Å². The number of unbranched alkanes of at least 4 members (excludes halogenated alkanes) is 1. The summed E-state index contributed by atoms with van der Waals surface area (Å²) >= 11 is 0. The van der Waals surface area contributed by atoms with E-state index in [0.29, 0.717) is 0 Å². The minimum absolute atomic E-state index is 0.372. The fourth-order valence-electron chi connectivity index (χ4n) is 3.81. The maximum absolute atomic E-state index is 6.47. The van der Waals surface area contributed by atoms with Gasteiger partial charge in [-0.2, -0.15) is 0 Å². The van der Waals surface area contributed by atoms with E-state index in [-0.39, 0.29) is 18.3 Å². The summed E-state index contributed by atoms with van der Waals surface area (Å²) in [6, 6.07) is 12.9. The topological polar surface area (TPSA) is 18.5 Å². The molecule has 0 aliphatic carbocycles. The SMILES string of the molecule is C/C=C/Cc1c(C#Cc2ccc(C)cc2)cc(CCCC)cc1B1OC(C)(C)C(C)(C)O1. The highest BCUT2D eigenvalue weighted by Gasteiger charge is 2.52. The zero-order valence-corrected chi connectivity index (χ0v) is 20.8. The van der Waals surface area contributed by atoms with Crippen molar-refractivity contribution in [1.82, 2.24) is 0 Å². The second-order valence-corrected chi connectivity index (χ2v) is 9.79. The van der Waals surface area contributed by atoms with Gasteiger partial charge in [0.25, 0.3) is 0 Å². The van der Waals surface area contributed by atoms with Crippen LogP contribution >= 0.6 is 0 Å². The summed E-state index contributed by atoms with van der Waals surface area (Å²) in [5.74, 6) is 6.87. The summed E-state index contributed by atoms with van der Waals surface area (Å²) in [6.45, 7) is 14.8. The van der Waals surface area contributed by atoms with Gasteiger partial charge < -0.3 is 9.31 Å². The Bertz CT molecular complexity index is 1000. The third kappa shape index (κ3) is 5.55. The predicted octanol–water partition coefficient (Wildman–Crippen LogP) is 6.16. The van der Waals surface area contributed by atoms with Crippen molar-refractivity contribution in [3.63, 3.8) is 0 Å². The fraction of sp³-hybridized carbons (Fsp3) is 0.448. The van der Waals surface area contributed by atoms with Crippen molar-refractivity contribution < 1.29 is 9.31 Å². The molecule has 0 atom stereocenters. The van der Waals surface area contributed by atoms with E-state index in [4.69, 9.17) is 9.31 Å². The molecular formula is C29H37BO2. The first-order valence-electron chi connectivity index (χ1n) is 11.9. The average molecular weight is 428 g/mol. The van der Waals surface area contributed by atoms with Crippen LogP contribution in [0.15, 0.2) is 48.6 Å². The van der Waals surface area contributed by atoms with Crippen LogP contribution in [0.25, 0.3) is 0 Å². The van der Waals surface area contributed by atoms with Gasteiger partial charge >= 0.3 is 7.12 Å². The van der Waals surface area contributed by atoms with Crippen molar-refractivity contribution in [3.05, 3.63) is 76.4 Å². The molecule has 1 aliphatic heterocycles. The molecular weight excluding hydrogens is 391 g/mol. The molecule has 168 valence electrons. The molecule has 0 radical (unpaired) electrons. The molecule has 0 N–H and O–H groups in total. The Morgan fingerprint density at radius 3 is 2.22 bits per heavy atom. The van der Waals surface area contributed by atoms with Gasteiger partial charge in [0.05, 0.1) is 11.2 Å². The predicted molar refractivity (Wildman–Crippen MR) is 136 cm³/mol. The molecule has 3 heteroatoms. The van der Waals surface area contributed by atoms with Gasteiger partial charge in [-0.15, -0.1) is 0 Å². The maximum Gasteiger partial charge on any atom is 0.495 e. The number of rotatable bonds is 6. The molecule has 1 heterocycles. The molecule has 1 fully saturated rings. The molecule has 32 heavy (non-hydrogen) atoms. The summed E-state index contributed by atoms with van der Waals surface area (Å²) in [7, 11) is -0.387. The molecule has 2 aromatic carbocycles. The largest absolute Gasteiger partial charge is 0.495 e. The Morgan fingerprint density at radius 2 is 1.62 bits per heavy atom. The molecule has 0 saturated carbocycles. The molecule has 0 amide bonds. The Labute approximate surface area is 195 Å². The number of benzene rings is 2. The monoisotopic (exact) mass is 428 g/mol. The van der Waals surface area contributed by atoms with Crippen molar-refractivity contribution in [2.75, 3.05) is 0 Å². The average Bonchev–Trinajstić information content (AvgIpc) is 2.97. The van der Waals surface area contributed by atoms with Crippen molar-refractivity contribution in [3.8, 4) is 11.8 Å².